The average molecular weight is 387 g/mol. The number of aromatic nitrogens is 1. The number of anilines is 2. The van der Waals surface area contributed by atoms with Crippen molar-refractivity contribution in [1.82, 2.24) is 10.4 Å². The second-order valence-electron chi connectivity index (χ2n) is 5.06. The molecule has 0 aliphatic carbocycles. The largest absolute Gasteiger partial charge is 0.495 e. The molecule has 0 radical (unpaired) electrons. The summed E-state index contributed by atoms with van der Waals surface area (Å²) in [6, 6.07) is 16.3. The Balaban J connectivity index is 1.67. The molecule has 0 bridgehead atoms. The number of hydrogen-bond acceptors (Lipinski definition) is 6. The van der Waals surface area contributed by atoms with Crippen LogP contribution in [0, 0.1) is 0 Å². The van der Waals surface area contributed by atoms with Crippen LogP contribution in [0.5, 0.6) is 5.75 Å². The summed E-state index contributed by atoms with van der Waals surface area (Å²) in [4.78, 5) is 16.8. The predicted molar refractivity (Wildman–Crippen MR) is 105 cm³/mol. The van der Waals surface area contributed by atoms with Gasteiger partial charge in [-0.15, -0.1) is 0 Å². The lowest BCUT2D eigenvalue weighted by molar-refractivity contribution is 0.0955. The monoisotopic (exact) mass is 386 g/mol. The van der Waals surface area contributed by atoms with Crippen molar-refractivity contribution < 1.29 is 9.53 Å². The fourth-order valence-electron chi connectivity index (χ4n) is 2.11. The number of nitrogens with zero attached hydrogens (tertiary/aromatic N) is 2. The van der Waals surface area contributed by atoms with Crippen molar-refractivity contribution in [1.29, 1.82) is 0 Å². The fourth-order valence-corrected chi connectivity index (χ4v) is 3.15. The SMILES string of the molecule is COc1ccccc1Nc1nc(Cl)c(/C=N/NC(=O)c2ccccc2)s1. The molecule has 132 valence electrons. The summed E-state index contributed by atoms with van der Waals surface area (Å²) in [6.45, 7) is 0. The van der Waals surface area contributed by atoms with Crippen LogP contribution in [0.4, 0.5) is 10.8 Å². The van der Waals surface area contributed by atoms with Crippen molar-refractivity contribution in [3.05, 3.63) is 70.2 Å². The number of hydrogen-bond donors (Lipinski definition) is 2. The van der Waals surface area contributed by atoms with Gasteiger partial charge in [0.2, 0.25) is 0 Å². The Hall–Kier alpha value is -2.90. The molecule has 0 spiro atoms. The minimum atomic E-state index is -0.296. The Bertz CT molecular complexity index is 928. The van der Waals surface area contributed by atoms with Crippen LogP contribution in [0.2, 0.25) is 5.15 Å². The number of rotatable bonds is 6. The first kappa shape index (κ1) is 17.9. The van der Waals surface area contributed by atoms with E-state index >= 15 is 0 Å². The summed E-state index contributed by atoms with van der Waals surface area (Å²) >= 11 is 7.45. The molecule has 0 aliphatic rings. The van der Waals surface area contributed by atoms with Crippen LogP contribution in [0.1, 0.15) is 15.2 Å². The number of amides is 1. The van der Waals surface area contributed by atoms with E-state index in [4.69, 9.17) is 16.3 Å². The molecule has 1 amide bonds. The van der Waals surface area contributed by atoms with Crippen molar-refractivity contribution >= 4 is 45.9 Å². The first-order chi connectivity index (χ1) is 12.7. The van der Waals surface area contributed by atoms with Crippen molar-refractivity contribution in [2.24, 2.45) is 5.10 Å². The van der Waals surface area contributed by atoms with Crippen molar-refractivity contribution in [2.75, 3.05) is 12.4 Å². The Morgan fingerprint density at radius 2 is 1.92 bits per heavy atom. The third-order valence-electron chi connectivity index (χ3n) is 3.34. The van der Waals surface area contributed by atoms with Crippen LogP contribution in [-0.4, -0.2) is 24.2 Å². The predicted octanol–water partition coefficient (Wildman–Crippen LogP) is 4.31. The molecule has 0 atom stereocenters. The smallest absolute Gasteiger partial charge is 0.271 e. The highest BCUT2D eigenvalue weighted by Crippen LogP contribution is 2.31. The minimum Gasteiger partial charge on any atom is -0.495 e. The van der Waals surface area contributed by atoms with E-state index in [2.05, 4.69) is 20.8 Å². The molecule has 26 heavy (non-hydrogen) atoms. The number of ether oxygens (including phenoxy) is 1. The van der Waals surface area contributed by atoms with Crippen LogP contribution in [-0.2, 0) is 0 Å². The molecular weight excluding hydrogens is 372 g/mol. The number of thiazole rings is 1. The van der Waals surface area contributed by atoms with Crippen molar-refractivity contribution in [3.8, 4) is 5.75 Å². The molecule has 3 rings (SSSR count). The highest BCUT2D eigenvalue weighted by atomic mass is 35.5. The highest BCUT2D eigenvalue weighted by molar-refractivity contribution is 7.17. The van der Waals surface area contributed by atoms with Crippen LogP contribution < -0.4 is 15.5 Å². The van der Waals surface area contributed by atoms with Gasteiger partial charge in [0.25, 0.3) is 5.91 Å². The van der Waals surface area contributed by atoms with E-state index in [1.807, 2.05) is 30.3 Å². The lowest BCUT2D eigenvalue weighted by Gasteiger charge is -2.07. The second-order valence-corrected chi connectivity index (χ2v) is 6.45. The maximum atomic E-state index is 11.9. The molecule has 1 heterocycles. The van der Waals surface area contributed by atoms with Gasteiger partial charge in [-0.05, 0) is 24.3 Å². The normalized spacial score (nSPS) is 10.7. The summed E-state index contributed by atoms with van der Waals surface area (Å²) in [6.07, 6.45) is 1.47. The fraction of sp³-hybridized carbons (Fsp3) is 0.0556. The van der Waals surface area contributed by atoms with Gasteiger partial charge in [-0.2, -0.15) is 5.10 Å². The van der Waals surface area contributed by atoms with Gasteiger partial charge in [-0.1, -0.05) is 53.3 Å². The van der Waals surface area contributed by atoms with E-state index in [-0.39, 0.29) is 5.91 Å². The average Bonchev–Trinajstić information content (AvgIpc) is 3.02. The summed E-state index contributed by atoms with van der Waals surface area (Å²) in [5, 5.41) is 7.99. The molecule has 0 unspecified atom stereocenters. The quantitative estimate of drug-likeness (QED) is 0.489. The van der Waals surface area contributed by atoms with Gasteiger partial charge in [-0.25, -0.2) is 10.4 Å². The molecule has 0 saturated heterocycles. The summed E-state index contributed by atoms with van der Waals surface area (Å²) in [5.74, 6) is 0.402. The summed E-state index contributed by atoms with van der Waals surface area (Å²) in [7, 11) is 1.60. The first-order valence-electron chi connectivity index (χ1n) is 7.62. The van der Waals surface area contributed by atoms with Crippen LogP contribution in [0.25, 0.3) is 0 Å². The Labute approximate surface area is 159 Å². The van der Waals surface area contributed by atoms with Gasteiger partial charge < -0.3 is 10.1 Å². The maximum Gasteiger partial charge on any atom is 0.271 e. The minimum absolute atomic E-state index is 0.296. The van der Waals surface area contributed by atoms with Gasteiger partial charge in [-0.3, -0.25) is 4.79 Å². The van der Waals surface area contributed by atoms with E-state index in [1.54, 1.807) is 31.4 Å². The highest BCUT2D eigenvalue weighted by Gasteiger charge is 2.10. The van der Waals surface area contributed by atoms with Crippen LogP contribution >= 0.6 is 22.9 Å². The van der Waals surface area contributed by atoms with E-state index in [9.17, 15) is 4.79 Å². The Morgan fingerprint density at radius 1 is 1.19 bits per heavy atom. The summed E-state index contributed by atoms with van der Waals surface area (Å²) in [5.41, 5.74) is 3.77. The molecule has 0 aliphatic heterocycles. The molecule has 0 fully saturated rings. The summed E-state index contributed by atoms with van der Waals surface area (Å²) < 4.78 is 5.30. The molecule has 6 nitrogen and oxygen atoms in total. The number of para-hydroxylation sites is 2. The second kappa shape index (κ2) is 8.46. The van der Waals surface area contributed by atoms with Crippen LogP contribution in [0.3, 0.4) is 0 Å². The van der Waals surface area contributed by atoms with Gasteiger partial charge in [0.05, 0.1) is 23.9 Å². The Morgan fingerprint density at radius 3 is 2.69 bits per heavy atom. The lowest BCUT2D eigenvalue weighted by Crippen LogP contribution is -2.17. The number of carbonyl (C=O) groups excluding carboxylic acids is 1. The first-order valence-corrected chi connectivity index (χ1v) is 8.81. The van der Waals surface area contributed by atoms with Gasteiger partial charge >= 0.3 is 0 Å². The number of hydrazone groups is 1. The molecule has 2 N–H and O–H groups in total. The topological polar surface area (TPSA) is 75.6 Å². The van der Waals surface area contributed by atoms with Crippen molar-refractivity contribution in [2.45, 2.75) is 0 Å². The zero-order valence-electron chi connectivity index (χ0n) is 13.8. The van der Waals surface area contributed by atoms with E-state index in [1.165, 1.54) is 17.6 Å². The third-order valence-corrected chi connectivity index (χ3v) is 4.65. The number of halogens is 1. The molecular formula is C18H15ClN4O2S. The number of benzene rings is 2. The van der Waals surface area contributed by atoms with Crippen molar-refractivity contribution in [3.63, 3.8) is 0 Å². The number of carbonyl (C=O) groups is 1. The molecule has 1 aromatic heterocycles. The van der Waals surface area contributed by atoms with E-state index in [0.29, 0.717) is 26.5 Å². The maximum absolute atomic E-state index is 11.9. The molecule has 2 aromatic carbocycles. The number of methoxy groups -OCH3 is 1. The molecule has 3 aromatic rings. The van der Waals surface area contributed by atoms with E-state index < -0.39 is 0 Å². The molecule has 8 heteroatoms. The standard InChI is InChI=1S/C18H15ClN4O2S/c1-25-14-10-6-5-9-13(14)21-18-22-16(19)15(26-18)11-20-23-17(24)12-7-3-2-4-8-12/h2-11H,1H3,(H,21,22)(H,23,24)/b20-11+. The third kappa shape index (κ3) is 4.38. The van der Waals surface area contributed by atoms with Gasteiger partial charge in [0.15, 0.2) is 10.3 Å². The lowest BCUT2D eigenvalue weighted by atomic mass is 10.2. The zero-order chi connectivity index (χ0) is 18.4. The van der Waals surface area contributed by atoms with Crippen LogP contribution in [0.15, 0.2) is 59.7 Å². The van der Waals surface area contributed by atoms with E-state index in [0.717, 1.165) is 5.69 Å². The molecule has 0 saturated carbocycles. The van der Waals surface area contributed by atoms with Gasteiger partial charge in [0, 0.05) is 5.56 Å². The van der Waals surface area contributed by atoms with Gasteiger partial charge in [0.1, 0.15) is 5.75 Å². The number of nitrogens with one attached hydrogen (secondary N) is 2. The Kier molecular flexibility index (Phi) is 5.83. The zero-order valence-corrected chi connectivity index (χ0v) is 15.3.